The Kier molecular flexibility index (Phi) is 5.86. The summed E-state index contributed by atoms with van der Waals surface area (Å²) < 4.78 is 61.7. The number of alkyl halides is 3. The van der Waals surface area contributed by atoms with E-state index >= 15 is 0 Å². The summed E-state index contributed by atoms with van der Waals surface area (Å²) in [6.45, 7) is 1.96. The van der Waals surface area contributed by atoms with Gasteiger partial charge in [0.1, 0.15) is 9.84 Å². The Bertz CT molecular complexity index is 615. The number of halogens is 3. The van der Waals surface area contributed by atoms with Gasteiger partial charge in [-0.25, -0.2) is 8.42 Å². The third-order valence-electron chi connectivity index (χ3n) is 3.59. The van der Waals surface area contributed by atoms with Crippen LogP contribution in [-0.4, -0.2) is 38.4 Å². The number of anilines is 1. The van der Waals surface area contributed by atoms with E-state index in [4.69, 9.17) is 5.73 Å². The van der Waals surface area contributed by atoms with E-state index in [2.05, 4.69) is 0 Å². The maximum atomic E-state index is 13.0. The quantitative estimate of drug-likeness (QED) is 0.810. The van der Waals surface area contributed by atoms with Crippen LogP contribution in [0.25, 0.3) is 0 Å². The van der Waals surface area contributed by atoms with Crippen molar-refractivity contribution in [3.05, 3.63) is 29.3 Å². The predicted molar refractivity (Wildman–Crippen MR) is 81.1 cm³/mol. The maximum Gasteiger partial charge on any atom is 0.416 e. The van der Waals surface area contributed by atoms with Gasteiger partial charge in [0.15, 0.2) is 0 Å². The Hall–Kier alpha value is -1.28. The number of hydrogen-bond acceptors (Lipinski definition) is 4. The summed E-state index contributed by atoms with van der Waals surface area (Å²) in [7, 11) is -1.50. The minimum Gasteiger partial charge on any atom is -0.398 e. The molecular formula is C14H21F3N2O2S. The normalized spacial score (nSPS) is 14.3. The lowest BCUT2D eigenvalue weighted by molar-refractivity contribution is -0.138. The van der Waals surface area contributed by atoms with Crippen molar-refractivity contribution in [1.82, 2.24) is 4.90 Å². The van der Waals surface area contributed by atoms with Crippen LogP contribution in [0.4, 0.5) is 18.9 Å². The lowest BCUT2D eigenvalue weighted by Gasteiger charge is -2.22. The number of sulfone groups is 1. The summed E-state index contributed by atoms with van der Waals surface area (Å²) in [5.41, 5.74) is 5.01. The first-order valence-electron chi connectivity index (χ1n) is 6.75. The van der Waals surface area contributed by atoms with Crippen LogP contribution in [0.15, 0.2) is 18.2 Å². The van der Waals surface area contributed by atoms with E-state index in [-0.39, 0.29) is 17.8 Å². The van der Waals surface area contributed by atoms with Crippen molar-refractivity contribution in [3.63, 3.8) is 0 Å². The number of nitrogens with two attached hydrogens (primary N) is 1. The van der Waals surface area contributed by atoms with Crippen LogP contribution in [0, 0.1) is 0 Å². The molecule has 0 aliphatic carbocycles. The van der Waals surface area contributed by atoms with Crippen LogP contribution < -0.4 is 5.73 Å². The number of nitrogen functional groups attached to an aromatic ring is 1. The van der Waals surface area contributed by atoms with Gasteiger partial charge >= 0.3 is 6.18 Å². The summed E-state index contributed by atoms with van der Waals surface area (Å²) in [4.78, 5) is 1.64. The molecule has 1 rings (SSSR count). The third kappa shape index (κ3) is 5.17. The molecule has 1 unspecified atom stereocenters. The van der Waals surface area contributed by atoms with Crippen LogP contribution in [0.1, 0.15) is 24.5 Å². The van der Waals surface area contributed by atoms with Crippen molar-refractivity contribution in [2.24, 2.45) is 0 Å². The van der Waals surface area contributed by atoms with Crippen molar-refractivity contribution < 1.29 is 21.6 Å². The van der Waals surface area contributed by atoms with Gasteiger partial charge in [-0.3, -0.25) is 0 Å². The van der Waals surface area contributed by atoms with E-state index in [0.717, 1.165) is 12.3 Å². The fourth-order valence-corrected chi connectivity index (χ4v) is 2.55. The van der Waals surface area contributed by atoms with Crippen molar-refractivity contribution in [1.29, 1.82) is 0 Å². The van der Waals surface area contributed by atoms with Gasteiger partial charge in [-0.1, -0.05) is 6.07 Å². The molecule has 0 heterocycles. The van der Waals surface area contributed by atoms with Gasteiger partial charge < -0.3 is 10.6 Å². The molecule has 8 heteroatoms. The smallest absolute Gasteiger partial charge is 0.398 e. The first kappa shape index (κ1) is 18.8. The standard InChI is InChI=1S/C14H21F3N2O2S/c1-10(22(3,20)21)7-8-19(2)9-11-12(14(15,16)17)5-4-6-13(11)18/h4-6,10H,7-9,18H2,1-3H3. The molecule has 0 saturated carbocycles. The van der Waals surface area contributed by atoms with E-state index in [0.29, 0.717) is 13.0 Å². The maximum absolute atomic E-state index is 13.0. The van der Waals surface area contributed by atoms with E-state index in [1.54, 1.807) is 18.9 Å². The first-order chi connectivity index (χ1) is 9.93. The van der Waals surface area contributed by atoms with Crippen LogP contribution >= 0.6 is 0 Å². The third-order valence-corrected chi connectivity index (χ3v) is 5.29. The molecule has 0 spiro atoms. The van der Waals surface area contributed by atoms with E-state index < -0.39 is 26.8 Å². The molecule has 2 N–H and O–H groups in total. The Balaban J connectivity index is 2.83. The first-order valence-corrected chi connectivity index (χ1v) is 8.70. The van der Waals surface area contributed by atoms with E-state index in [1.165, 1.54) is 12.1 Å². The molecule has 0 aliphatic rings. The van der Waals surface area contributed by atoms with E-state index in [9.17, 15) is 21.6 Å². The summed E-state index contributed by atoms with van der Waals surface area (Å²) in [5.74, 6) is 0. The molecule has 22 heavy (non-hydrogen) atoms. The van der Waals surface area contributed by atoms with E-state index in [1.807, 2.05) is 0 Å². The lowest BCUT2D eigenvalue weighted by atomic mass is 10.0. The second kappa shape index (κ2) is 6.87. The molecule has 1 aromatic carbocycles. The van der Waals surface area contributed by atoms with Gasteiger partial charge in [0, 0.05) is 24.1 Å². The molecule has 126 valence electrons. The van der Waals surface area contributed by atoms with Crippen LogP contribution in [0.3, 0.4) is 0 Å². The highest BCUT2D eigenvalue weighted by atomic mass is 32.2. The van der Waals surface area contributed by atoms with Gasteiger partial charge in [0.2, 0.25) is 0 Å². The molecule has 0 amide bonds. The molecule has 1 atom stereocenters. The highest BCUT2D eigenvalue weighted by Gasteiger charge is 2.34. The Labute approximate surface area is 129 Å². The molecule has 0 aliphatic heterocycles. The Morgan fingerprint density at radius 3 is 2.41 bits per heavy atom. The predicted octanol–water partition coefficient (Wildman–Crippen LogP) is 2.54. The summed E-state index contributed by atoms with van der Waals surface area (Å²) >= 11 is 0. The van der Waals surface area contributed by atoms with Crippen molar-refractivity contribution >= 4 is 15.5 Å². The van der Waals surface area contributed by atoms with Crippen LogP contribution in [0.2, 0.25) is 0 Å². The van der Waals surface area contributed by atoms with Crippen LogP contribution in [-0.2, 0) is 22.6 Å². The van der Waals surface area contributed by atoms with Gasteiger partial charge in [0.05, 0.1) is 10.8 Å². The molecule has 4 nitrogen and oxygen atoms in total. The molecule has 0 aromatic heterocycles. The largest absolute Gasteiger partial charge is 0.416 e. The van der Waals surface area contributed by atoms with Crippen LogP contribution in [0.5, 0.6) is 0 Å². The Morgan fingerprint density at radius 2 is 1.91 bits per heavy atom. The van der Waals surface area contributed by atoms with Crippen molar-refractivity contribution in [2.45, 2.75) is 31.3 Å². The minimum absolute atomic E-state index is 0.0119. The van der Waals surface area contributed by atoms with Gasteiger partial charge in [-0.05, 0) is 39.1 Å². The molecule has 0 saturated heterocycles. The SMILES string of the molecule is CC(CCN(C)Cc1c(N)cccc1C(F)(F)F)S(C)(=O)=O. The zero-order valence-corrected chi connectivity index (χ0v) is 13.6. The molecule has 1 aromatic rings. The zero-order chi connectivity index (χ0) is 17.1. The number of nitrogens with zero attached hydrogens (tertiary/aromatic N) is 1. The summed E-state index contributed by atoms with van der Waals surface area (Å²) in [6, 6.07) is 3.70. The molecule has 0 radical (unpaired) electrons. The summed E-state index contributed by atoms with van der Waals surface area (Å²) in [5, 5.41) is -0.537. The minimum atomic E-state index is -4.47. The second-order valence-corrected chi connectivity index (χ2v) is 8.00. The average Bonchev–Trinajstić information content (AvgIpc) is 2.35. The molecular weight excluding hydrogens is 317 g/mol. The van der Waals surface area contributed by atoms with Gasteiger partial charge in [-0.2, -0.15) is 13.2 Å². The van der Waals surface area contributed by atoms with Gasteiger partial charge in [-0.15, -0.1) is 0 Å². The highest BCUT2D eigenvalue weighted by Crippen LogP contribution is 2.34. The fourth-order valence-electron chi connectivity index (χ4n) is 2.01. The van der Waals surface area contributed by atoms with Crippen molar-refractivity contribution in [3.8, 4) is 0 Å². The highest BCUT2D eigenvalue weighted by molar-refractivity contribution is 7.91. The topological polar surface area (TPSA) is 63.4 Å². The molecule has 0 fully saturated rings. The zero-order valence-electron chi connectivity index (χ0n) is 12.8. The number of rotatable bonds is 6. The second-order valence-electron chi connectivity index (χ2n) is 5.54. The monoisotopic (exact) mass is 338 g/mol. The Morgan fingerprint density at radius 1 is 1.32 bits per heavy atom. The van der Waals surface area contributed by atoms with Gasteiger partial charge in [0.25, 0.3) is 0 Å². The average molecular weight is 338 g/mol. The summed E-state index contributed by atoms with van der Waals surface area (Å²) in [6.07, 6.45) is -2.97. The number of hydrogen-bond donors (Lipinski definition) is 1. The fraction of sp³-hybridized carbons (Fsp3) is 0.571. The molecule has 0 bridgehead atoms. The van der Waals surface area contributed by atoms with Crippen molar-refractivity contribution in [2.75, 3.05) is 25.6 Å². The number of benzene rings is 1. The lowest BCUT2D eigenvalue weighted by Crippen LogP contribution is -2.27.